The molecule has 2 nitrogen and oxygen atoms in total. The molecule has 0 spiro atoms. The monoisotopic (exact) mass is 257 g/mol. The Hall–Kier alpha value is -1.87. The zero-order valence-corrected chi connectivity index (χ0v) is 10.9. The summed E-state index contributed by atoms with van der Waals surface area (Å²) in [6, 6.07) is 11.1. The summed E-state index contributed by atoms with van der Waals surface area (Å²) >= 11 is 0. The van der Waals surface area contributed by atoms with Gasteiger partial charge in [-0.25, -0.2) is 4.39 Å². The standard InChI is InChI=1S/C16H16FNO/c1-19-12-5-6-15(16(17)9-12)14-4-2-3-11-10-18-8-7-13(11)14/h2-6,9,18H,7-8,10H2,1H3. The Kier molecular flexibility index (Phi) is 3.22. The van der Waals surface area contributed by atoms with E-state index in [1.165, 1.54) is 17.2 Å². The average molecular weight is 257 g/mol. The molecule has 2 aromatic rings. The molecule has 0 amide bonds. The number of hydrogen-bond acceptors (Lipinski definition) is 2. The largest absolute Gasteiger partial charge is 0.497 e. The van der Waals surface area contributed by atoms with E-state index in [4.69, 9.17) is 4.74 Å². The fourth-order valence-corrected chi connectivity index (χ4v) is 2.63. The maximum atomic E-state index is 14.2. The molecule has 1 aliphatic rings. The van der Waals surface area contributed by atoms with Crippen molar-refractivity contribution in [3.8, 4) is 16.9 Å². The second-order valence-electron chi connectivity index (χ2n) is 4.72. The Morgan fingerprint density at radius 2 is 2.05 bits per heavy atom. The third-order valence-corrected chi connectivity index (χ3v) is 3.61. The van der Waals surface area contributed by atoms with Gasteiger partial charge in [0.2, 0.25) is 0 Å². The van der Waals surface area contributed by atoms with Gasteiger partial charge in [-0.1, -0.05) is 18.2 Å². The molecular weight excluding hydrogens is 241 g/mol. The highest BCUT2D eigenvalue weighted by molar-refractivity contribution is 5.70. The molecule has 19 heavy (non-hydrogen) atoms. The van der Waals surface area contributed by atoms with Gasteiger partial charge in [0.05, 0.1) is 7.11 Å². The number of ether oxygens (including phenoxy) is 1. The number of rotatable bonds is 2. The number of fused-ring (bicyclic) bond motifs is 1. The van der Waals surface area contributed by atoms with E-state index in [1.54, 1.807) is 19.2 Å². The van der Waals surface area contributed by atoms with Crippen LogP contribution in [0.3, 0.4) is 0 Å². The second-order valence-corrected chi connectivity index (χ2v) is 4.72. The van der Waals surface area contributed by atoms with Gasteiger partial charge in [0.15, 0.2) is 0 Å². The number of halogens is 1. The van der Waals surface area contributed by atoms with Crippen molar-refractivity contribution in [3.05, 3.63) is 53.3 Å². The Labute approximate surface area is 112 Å². The Morgan fingerprint density at radius 3 is 2.84 bits per heavy atom. The van der Waals surface area contributed by atoms with E-state index in [2.05, 4.69) is 11.4 Å². The van der Waals surface area contributed by atoms with Crippen molar-refractivity contribution in [1.29, 1.82) is 0 Å². The van der Waals surface area contributed by atoms with Crippen molar-refractivity contribution < 1.29 is 9.13 Å². The van der Waals surface area contributed by atoms with Crippen molar-refractivity contribution in [2.24, 2.45) is 0 Å². The van der Waals surface area contributed by atoms with Gasteiger partial charge in [0.1, 0.15) is 11.6 Å². The van der Waals surface area contributed by atoms with Crippen LogP contribution in [0.5, 0.6) is 5.75 Å². The molecule has 2 aromatic carbocycles. The first-order chi connectivity index (χ1) is 9.29. The van der Waals surface area contributed by atoms with Gasteiger partial charge in [0.25, 0.3) is 0 Å². The summed E-state index contributed by atoms with van der Waals surface area (Å²) in [7, 11) is 1.55. The number of nitrogens with one attached hydrogen (secondary N) is 1. The fourth-order valence-electron chi connectivity index (χ4n) is 2.63. The van der Waals surface area contributed by atoms with E-state index < -0.39 is 0 Å². The van der Waals surface area contributed by atoms with Gasteiger partial charge in [-0.3, -0.25) is 0 Å². The van der Waals surface area contributed by atoms with Crippen LogP contribution in [0.2, 0.25) is 0 Å². The summed E-state index contributed by atoms with van der Waals surface area (Å²) in [5.74, 6) is 0.319. The van der Waals surface area contributed by atoms with Crippen LogP contribution in [0, 0.1) is 5.82 Å². The first kappa shape index (κ1) is 12.2. The minimum absolute atomic E-state index is 0.230. The van der Waals surface area contributed by atoms with Crippen LogP contribution in [-0.2, 0) is 13.0 Å². The van der Waals surface area contributed by atoms with E-state index in [9.17, 15) is 4.39 Å². The van der Waals surface area contributed by atoms with E-state index in [1.807, 2.05) is 12.1 Å². The van der Waals surface area contributed by atoms with Crippen LogP contribution in [0.4, 0.5) is 4.39 Å². The minimum atomic E-state index is -0.230. The smallest absolute Gasteiger partial charge is 0.134 e. The van der Waals surface area contributed by atoms with Gasteiger partial charge in [0, 0.05) is 18.2 Å². The highest BCUT2D eigenvalue weighted by Gasteiger charge is 2.16. The highest BCUT2D eigenvalue weighted by Crippen LogP contribution is 2.31. The summed E-state index contributed by atoms with van der Waals surface area (Å²) in [5, 5.41) is 3.34. The zero-order valence-electron chi connectivity index (χ0n) is 10.9. The molecular formula is C16H16FNO. The molecule has 0 radical (unpaired) electrons. The van der Waals surface area contributed by atoms with Crippen LogP contribution in [0.15, 0.2) is 36.4 Å². The van der Waals surface area contributed by atoms with Gasteiger partial charge in [-0.05, 0) is 41.8 Å². The van der Waals surface area contributed by atoms with E-state index in [0.29, 0.717) is 11.3 Å². The van der Waals surface area contributed by atoms with Crippen LogP contribution in [0.1, 0.15) is 11.1 Å². The molecule has 1 aliphatic heterocycles. The number of benzene rings is 2. The zero-order chi connectivity index (χ0) is 13.2. The molecule has 0 saturated carbocycles. The van der Waals surface area contributed by atoms with Crippen molar-refractivity contribution in [3.63, 3.8) is 0 Å². The van der Waals surface area contributed by atoms with Crippen LogP contribution in [0.25, 0.3) is 11.1 Å². The molecule has 3 rings (SSSR count). The summed E-state index contributed by atoms with van der Waals surface area (Å²) in [4.78, 5) is 0. The number of methoxy groups -OCH3 is 1. The average Bonchev–Trinajstić information content (AvgIpc) is 2.46. The third-order valence-electron chi connectivity index (χ3n) is 3.61. The van der Waals surface area contributed by atoms with Crippen molar-refractivity contribution in [1.82, 2.24) is 5.32 Å². The third kappa shape index (κ3) is 2.22. The normalized spacial score (nSPS) is 14.0. The van der Waals surface area contributed by atoms with Gasteiger partial charge in [-0.2, -0.15) is 0 Å². The van der Waals surface area contributed by atoms with Crippen molar-refractivity contribution in [2.45, 2.75) is 13.0 Å². The molecule has 0 atom stereocenters. The molecule has 98 valence electrons. The van der Waals surface area contributed by atoms with E-state index >= 15 is 0 Å². The van der Waals surface area contributed by atoms with Crippen LogP contribution < -0.4 is 10.1 Å². The SMILES string of the molecule is COc1ccc(-c2cccc3c2CCNC3)c(F)c1. The Morgan fingerprint density at radius 1 is 1.16 bits per heavy atom. The Balaban J connectivity index is 2.12. The van der Waals surface area contributed by atoms with Crippen molar-refractivity contribution >= 4 is 0 Å². The molecule has 0 saturated heterocycles. The Bertz CT molecular complexity index is 610. The van der Waals surface area contributed by atoms with Gasteiger partial charge >= 0.3 is 0 Å². The molecule has 0 bridgehead atoms. The maximum absolute atomic E-state index is 14.2. The lowest BCUT2D eigenvalue weighted by molar-refractivity contribution is 0.411. The predicted molar refractivity (Wildman–Crippen MR) is 73.8 cm³/mol. The maximum Gasteiger partial charge on any atom is 0.134 e. The molecule has 0 fully saturated rings. The molecule has 1 N–H and O–H groups in total. The van der Waals surface area contributed by atoms with Crippen LogP contribution in [-0.4, -0.2) is 13.7 Å². The predicted octanol–water partition coefficient (Wildman–Crippen LogP) is 3.15. The van der Waals surface area contributed by atoms with Crippen molar-refractivity contribution in [2.75, 3.05) is 13.7 Å². The highest BCUT2D eigenvalue weighted by atomic mass is 19.1. The second kappa shape index (κ2) is 5.02. The van der Waals surface area contributed by atoms with Gasteiger partial charge in [-0.15, -0.1) is 0 Å². The number of hydrogen-bond donors (Lipinski definition) is 1. The molecule has 0 aromatic heterocycles. The summed E-state index contributed by atoms with van der Waals surface area (Å²) in [6.07, 6.45) is 0.941. The lowest BCUT2D eigenvalue weighted by atomic mass is 9.91. The summed E-state index contributed by atoms with van der Waals surface area (Å²) < 4.78 is 19.2. The van der Waals surface area contributed by atoms with E-state index in [-0.39, 0.29) is 5.82 Å². The summed E-state index contributed by atoms with van der Waals surface area (Å²) in [5.41, 5.74) is 4.17. The molecule has 3 heteroatoms. The molecule has 0 unspecified atom stereocenters. The minimum Gasteiger partial charge on any atom is -0.497 e. The summed E-state index contributed by atoms with van der Waals surface area (Å²) in [6.45, 7) is 1.81. The lowest BCUT2D eigenvalue weighted by Gasteiger charge is -2.20. The lowest BCUT2D eigenvalue weighted by Crippen LogP contribution is -2.24. The van der Waals surface area contributed by atoms with Crippen LogP contribution >= 0.6 is 0 Å². The molecule has 0 aliphatic carbocycles. The first-order valence-electron chi connectivity index (χ1n) is 6.45. The van der Waals surface area contributed by atoms with E-state index in [0.717, 1.165) is 25.1 Å². The van der Waals surface area contributed by atoms with Gasteiger partial charge < -0.3 is 10.1 Å². The fraction of sp³-hybridized carbons (Fsp3) is 0.250. The topological polar surface area (TPSA) is 21.3 Å². The first-order valence-corrected chi connectivity index (χ1v) is 6.45. The quantitative estimate of drug-likeness (QED) is 0.892. The molecule has 1 heterocycles.